The van der Waals surface area contributed by atoms with Crippen LogP contribution in [0, 0.1) is 0 Å². The summed E-state index contributed by atoms with van der Waals surface area (Å²) in [7, 11) is 0. The van der Waals surface area contributed by atoms with Crippen molar-refractivity contribution >= 4 is 45.1 Å². The molecule has 6 aromatic carbocycles. The smallest absolute Gasteiger partial charge is 0.127 e. The molecule has 2 atom stereocenters. The standard InChI is InChI=1S/C47H52O2S2/c1-30(50-28-34-24-36(46(3,4)5)26-42(44(34)48)40-21-13-17-32-15-9-11-19-38(32)40)23-31(2)51-29-35-25-37(47(6,7)8)27-43(45(35)49)41-22-14-18-33-16-10-12-20-39(33)41/h9-22,24-27,30-31,48-49H,23,28-29H2,1-8H3. The van der Waals surface area contributed by atoms with Crippen LogP contribution >= 0.6 is 23.5 Å². The second kappa shape index (κ2) is 15.0. The molecule has 0 aliphatic rings. The van der Waals surface area contributed by atoms with E-state index >= 15 is 0 Å². The fourth-order valence-corrected chi connectivity index (χ4v) is 9.21. The van der Waals surface area contributed by atoms with Gasteiger partial charge in [0.25, 0.3) is 0 Å². The van der Waals surface area contributed by atoms with Crippen molar-refractivity contribution < 1.29 is 10.2 Å². The van der Waals surface area contributed by atoms with E-state index in [-0.39, 0.29) is 10.8 Å². The van der Waals surface area contributed by atoms with Gasteiger partial charge in [0.2, 0.25) is 0 Å². The molecule has 0 aliphatic carbocycles. The molecule has 0 amide bonds. The Morgan fingerprint density at radius 1 is 0.490 bits per heavy atom. The van der Waals surface area contributed by atoms with Gasteiger partial charge in [-0.15, -0.1) is 0 Å². The molecule has 6 aromatic rings. The van der Waals surface area contributed by atoms with Gasteiger partial charge in [0.05, 0.1) is 0 Å². The Balaban J connectivity index is 1.19. The average Bonchev–Trinajstić information content (AvgIpc) is 3.09. The molecule has 0 saturated heterocycles. The van der Waals surface area contributed by atoms with Gasteiger partial charge in [0, 0.05) is 44.3 Å². The Morgan fingerprint density at radius 2 is 0.863 bits per heavy atom. The van der Waals surface area contributed by atoms with Crippen LogP contribution in [0.25, 0.3) is 43.8 Å². The highest BCUT2D eigenvalue weighted by Crippen LogP contribution is 2.44. The molecular weight excluding hydrogens is 661 g/mol. The first-order valence-electron chi connectivity index (χ1n) is 18.1. The molecule has 51 heavy (non-hydrogen) atoms. The third-order valence-corrected chi connectivity index (χ3v) is 12.5. The second-order valence-electron chi connectivity index (χ2n) is 16.1. The summed E-state index contributed by atoms with van der Waals surface area (Å²) in [5, 5.41) is 28.9. The number of phenolic OH excluding ortho intramolecular Hbond substituents is 2. The van der Waals surface area contributed by atoms with Crippen molar-refractivity contribution in [3.8, 4) is 33.8 Å². The maximum Gasteiger partial charge on any atom is 0.127 e. The summed E-state index contributed by atoms with van der Waals surface area (Å²) in [5.41, 5.74) is 8.31. The number of rotatable bonds is 10. The lowest BCUT2D eigenvalue weighted by molar-refractivity contribution is 0.471. The number of hydrogen-bond acceptors (Lipinski definition) is 4. The van der Waals surface area contributed by atoms with Crippen LogP contribution in [0.2, 0.25) is 0 Å². The van der Waals surface area contributed by atoms with Crippen LogP contribution < -0.4 is 0 Å². The minimum atomic E-state index is -0.0491. The lowest BCUT2D eigenvalue weighted by atomic mass is 9.83. The van der Waals surface area contributed by atoms with Crippen LogP contribution in [-0.4, -0.2) is 20.7 Å². The van der Waals surface area contributed by atoms with Crippen molar-refractivity contribution in [2.75, 3.05) is 0 Å². The van der Waals surface area contributed by atoms with Gasteiger partial charge < -0.3 is 10.2 Å². The molecule has 0 heterocycles. The number of thioether (sulfide) groups is 2. The van der Waals surface area contributed by atoms with Crippen molar-refractivity contribution in [2.45, 2.75) is 94.6 Å². The third-order valence-electron chi connectivity index (χ3n) is 9.98. The first-order chi connectivity index (χ1) is 24.2. The van der Waals surface area contributed by atoms with Gasteiger partial charge in [0.1, 0.15) is 11.5 Å². The molecule has 0 aromatic heterocycles. The lowest BCUT2D eigenvalue weighted by Crippen LogP contribution is -2.12. The van der Waals surface area contributed by atoms with Crippen molar-refractivity contribution in [3.63, 3.8) is 0 Å². The van der Waals surface area contributed by atoms with E-state index in [0.29, 0.717) is 22.0 Å². The molecule has 0 spiro atoms. The Bertz CT molecular complexity index is 2000. The molecule has 264 valence electrons. The van der Waals surface area contributed by atoms with Gasteiger partial charge in [-0.25, -0.2) is 0 Å². The van der Waals surface area contributed by atoms with Crippen LogP contribution in [0.3, 0.4) is 0 Å². The van der Waals surface area contributed by atoms with Crippen molar-refractivity contribution in [1.82, 2.24) is 0 Å². The van der Waals surface area contributed by atoms with E-state index in [4.69, 9.17) is 0 Å². The molecule has 4 heteroatoms. The summed E-state index contributed by atoms with van der Waals surface area (Å²) in [4.78, 5) is 0. The summed E-state index contributed by atoms with van der Waals surface area (Å²) < 4.78 is 0. The third kappa shape index (κ3) is 8.29. The molecule has 0 bridgehead atoms. The van der Waals surface area contributed by atoms with E-state index in [1.54, 1.807) is 0 Å². The molecule has 2 nitrogen and oxygen atoms in total. The van der Waals surface area contributed by atoms with Crippen molar-refractivity contribution in [3.05, 3.63) is 131 Å². The van der Waals surface area contributed by atoms with E-state index in [0.717, 1.165) is 62.1 Å². The molecule has 2 unspecified atom stereocenters. The van der Waals surface area contributed by atoms with Gasteiger partial charge in [-0.05, 0) is 73.2 Å². The topological polar surface area (TPSA) is 40.5 Å². The predicted octanol–water partition coefficient (Wildman–Crippen LogP) is 13.7. The number of benzene rings is 6. The van der Waals surface area contributed by atoms with Crippen molar-refractivity contribution in [1.29, 1.82) is 0 Å². The van der Waals surface area contributed by atoms with E-state index < -0.39 is 0 Å². The summed E-state index contributed by atoms with van der Waals surface area (Å²) in [6, 6.07) is 38.3. The largest absolute Gasteiger partial charge is 0.507 e. The number of phenols is 2. The molecule has 0 saturated carbocycles. The fourth-order valence-electron chi connectivity index (χ4n) is 6.87. The van der Waals surface area contributed by atoms with E-state index in [2.05, 4.69) is 165 Å². The SMILES string of the molecule is CC(CC(C)SCc1cc(C(C)(C)C)cc(-c2cccc3ccccc23)c1O)SCc1cc(C(C)(C)C)cc(-c2cccc3ccccc23)c1O. The molecule has 2 N–H and O–H groups in total. The Labute approximate surface area is 313 Å². The number of fused-ring (bicyclic) bond motifs is 2. The lowest BCUT2D eigenvalue weighted by Gasteiger charge is -2.24. The quantitative estimate of drug-likeness (QED) is 0.148. The van der Waals surface area contributed by atoms with Gasteiger partial charge in [-0.3, -0.25) is 0 Å². The van der Waals surface area contributed by atoms with Crippen LogP contribution in [0.1, 0.15) is 84.1 Å². The molecular formula is C47H52O2S2. The zero-order chi connectivity index (χ0) is 36.5. The van der Waals surface area contributed by atoms with E-state index in [9.17, 15) is 10.2 Å². The van der Waals surface area contributed by atoms with E-state index in [1.807, 2.05) is 23.5 Å². The normalized spacial score (nSPS) is 13.5. The van der Waals surface area contributed by atoms with Crippen LogP contribution in [0.4, 0.5) is 0 Å². The Hall–Kier alpha value is -3.86. The highest BCUT2D eigenvalue weighted by atomic mass is 32.2. The van der Waals surface area contributed by atoms with Crippen molar-refractivity contribution in [2.24, 2.45) is 0 Å². The molecule has 0 fully saturated rings. The maximum atomic E-state index is 11.7. The molecule has 0 aliphatic heterocycles. The summed E-state index contributed by atoms with van der Waals surface area (Å²) in [5.74, 6) is 2.26. The Morgan fingerprint density at radius 3 is 1.25 bits per heavy atom. The van der Waals surface area contributed by atoms with Gasteiger partial charge >= 0.3 is 0 Å². The van der Waals surface area contributed by atoms with Gasteiger partial charge in [0.15, 0.2) is 0 Å². The average molecular weight is 713 g/mol. The highest BCUT2D eigenvalue weighted by molar-refractivity contribution is 8.00. The van der Waals surface area contributed by atoms with Crippen LogP contribution in [0.5, 0.6) is 11.5 Å². The second-order valence-corrected chi connectivity index (χ2v) is 18.9. The highest BCUT2D eigenvalue weighted by Gasteiger charge is 2.23. The summed E-state index contributed by atoms with van der Waals surface area (Å²) >= 11 is 3.82. The zero-order valence-corrected chi connectivity index (χ0v) is 33.0. The van der Waals surface area contributed by atoms with Crippen LogP contribution in [0.15, 0.2) is 109 Å². The van der Waals surface area contributed by atoms with Gasteiger partial charge in [-0.2, -0.15) is 23.5 Å². The zero-order valence-electron chi connectivity index (χ0n) is 31.4. The summed E-state index contributed by atoms with van der Waals surface area (Å²) in [6.45, 7) is 18.0. The van der Waals surface area contributed by atoms with E-state index in [1.165, 1.54) is 21.9 Å². The minimum absolute atomic E-state index is 0.0491. The summed E-state index contributed by atoms with van der Waals surface area (Å²) in [6.07, 6.45) is 1.03. The Kier molecular flexibility index (Phi) is 10.9. The number of aromatic hydroxyl groups is 2. The predicted molar refractivity (Wildman–Crippen MR) is 226 cm³/mol. The number of hydrogen-bond donors (Lipinski definition) is 2. The monoisotopic (exact) mass is 712 g/mol. The molecule has 0 radical (unpaired) electrons. The first-order valence-corrected chi connectivity index (χ1v) is 20.2. The minimum Gasteiger partial charge on any atom is -0.507 e. The maximum absolute atomic E-state index is 11.7. The van der Waals surface area contributed by atoms with Crippen LogP contribution in [-0.2, 0) is 22.3 Å². The fraction of sp³-hybridized carbons (Fsp3) is 0.319. The van der Waals surface area contributed by atoms with Gasteiger partial charge in [-0.1, -0.05) is 152 Å². The molecule has 6 rings (SSSR count). The first kappa shape index (κ1) is 36.9.